The molecule has 0 amide bonds. The van der Waals surface area contributed by atoms with E-state index < -0.39 is 5.97 Å². The van der Waals surface area contributed by atoms with Gasteiger partial charge in [0, 0.05) is 17.0 Å². The van der Waals surface area contributed by atoms with E-state index >= 15 is 0 Å². The van der Waals surface area contributed by atoms with Crippen molar-refractivity contribution in [3.63, 3.8) is 0 Å². The number of aromatic nitrogens is 1. The Morgan fingerprint density at radius 1 is 1.16 bits per heavy atom. The lowest BCUT2D eigenvalue weighted by Gasteiger charge is -2.13. The number of hydrogen-bond donors (Lipinski definition) is 1. The molecule has 0 fully saturated rings. The van der Waals surface area contributed by atoms with E-state index in [0.29, 0.717) is 22.3 Å². The molecule has 3 rings (SSSR count). The number of H-pyrrole nitrogens is 1. The van der Waals surface area contributed by atoms with E-state index in [9.17, 15) is 9.59 Å². The third kappa shape index (κ3) is 3.01. The van der Waals surface area contributed by atoms with Crippen LogP contribution in [0.15, 0.2) is 47.3 Å². The molecule has 1 aromatic heterocycles. The second-order valence-corrected chi connectivity index (χ2v) is 5.65. The van der Waals surface area contributed by atoms with E-state index in [4.69, 9.17) is 9.47 Å². The van der Waals surface area contributed by atoms with Crippen molar-refractivity contribution < 1.29 is 14.3 Å². The zero-order chi connectivity index (χ0) is 18.0. The highest BCUT2D eigenvalue weighted by atomic mass is 16.5. The van der Waals surface area contributed by atoms with Crippen LogP contribution in [0.4, 0.5) is 0 Å². The Bertz CT molecular complexity index is 1000. The molecule has 0 aliphatic heterocycles. The molecule has 128 valence electrons. The van der Waals surface area contributed by atoms with Gasteiger partial charge in [-0.15, -0.1) is 0 Å². The molecule has 0 spiro atoms. The number of aryl methyl sites for hydroxylation is 1. The van der Waals surface area contributed by atoms with E-state index in [1.165, 1.54) is 0 Å². The Balaban J connectivity index is 2.39. The standard InChI is InChI=1S/C20H19NO4/c1-4-25-20(23)17-18(14-8-6-5-7-12(14)2)21-16-11-13(24-3)9-10-15(16)19(17)22/h5-11H,4H2,1-3H3,(H,21,22). The van der Waals surface area contributed by atoms with Crippen molar-refractivity contribution >= 4 is 16.9 Å². The number of rotatable bonds is 4. The molecule has 1 heterocycles. The number of benzene rings is 2. The lowest BCUT2D eigenvalue weighted by atomic mass is 9.99. The number of pyridine rings is 1. The van der Waals surface area contributed by atoms with Crippen molar-refractivity contribution in [3.05, 3.63) is 63.8 Å². The first-order chi connectivity index (χ1) is 12.1. The lowest BCUT2D eigenvalue weighted by molar-refractivity contribution is 0.0525. The Kier molecular flexibility index (Phi) is 4.57. The molecule has 0 radical (unpaired) electrons. The molecule has 0 unspecified atom stereocenters. The quantitative estimate of drug-likeness (QED) is 0.737. The normalized spacial score (nSPS) is 10.7. The van der Waals surface area contributed by atoms with Gasteiger partial charge in [-0.05, 0) is 31.5 Å². The number of fused-ring (bicyclic) bond motifs is 1. The largest absolute Gasteiger partial charge is 0.497 e. The van der Waals surface area contributed by atoms with E-state index in [-0.39, 0.29) is 17.6 Å². The highest BCUT2D eigenvalue weighted by molar-refractivity contribution is 6.00. The van der Waals surface area contributed by atoms with Crippen LogP contribution in [0.1, 0.15) is 22.8 Å². The fourth-order valence-electron chi connectivity index (χ4n) is 2.85. The van der Waals surface area contributed by atoms with Crippen LogP contribution in [0.3, 0.4) is 0 Å². The van der Waals surface area contributed by atoms with Crippen LogP contribution in [0.25, 0.3) is 22.2 Å². The molecule has 3 aromatic rings. The van der Waals surface area contributed by atoms with Crippen molar-refractivity contribution in [1.29, 1.82) is 0 Å². The predicted octanol–water partition coefficient (Wildman–Crippen LogP) is 3.69. The summed E-state index contributed by atoms with van der Waals surface area (Å²) in [6, 6.07) is 12.7. The number of nitrogens with one attached hydrogen (secondary N) is 1. The van der Waals surface area contributed by atoms with Crippen molar-refractivity contribution in [3.8, 4) is 17.0 Å². The fourth-order valence-corrected chi connectivity index (χ4v) is 2.85. The zero-order valence-electron chi connectivity index (χ0n) is 14.4. The molecule has 25 heavy (non-hydrogen) atoms. The van der Waals surface area contributed by atoms with Crippen molar-refractivity contribution in [2.45, 2.75) is 13.8 Å². The minimum absolute atomic E-state index is 0.0221. The van der Waals surface area contributed by atoms with Gasteiger partial charge in [-0.3, -0.25) is 4.79 Å². The number of aromatic amines is 1. The second-order valence-electron chi connectivity index (χ2n) is 5.65. The van der Waals surface area contributed by atoms with Gasteiger partial charge in [-0.2, -0.15) is 0 Å². The Hall–Kier alpha value is -3.08. The summed E-state index contributed by atoms with van der Waals surface area (Å²) < 4.78 is 10.4. The number of carbonyl (C=O) groups is 1. The maximum Gasteiger partial charge on any atom is 0.344 e. The van der Waals surface area contributed by atoms with Gasteiger partial charge in [0.25, 0.3) is 0 Å². The highest BCUT2D eigenvalue weighted by Gasteiger charge is 2.22. The zero-order valence-corrected chi connectivity index (χ0v) is 14.4. The second kappa shape index (κ2) is 6.81. The van der Waals surface area contributed by atoms with Crippen molar-refractivity contribution in [2.24, 2.45) is 0 Å². The molecular weight excluding hydrogens is 318 g/mol. The molecule has 0 aliphatic carbocycles. The lowest BCUT2D eigenvalue weighted by Crippen LogP contribution is -2.20. The third-order valence-electron chi connectivity index (χ3n) is 4.10. The summed E-state index contributed by atoms with van der Waals surface area (Å²) in [5.41, 5.74) is 2.47. The molecule has 5 heteroatoms. The SMILES string of the molecule is CCOC(=O)c1c(-c2ccccc2C)[nH]c2cc(OC)ccc2c1=O. The summed E-state index contributed by atoms with van der Waals surface area (Å²) in [7, 11) is 1.56. The average molecular weight is 337 g/mol. The van der Waals surface area contributed by atoms with Gasteiger partial charge in [-0.1, -0.05) is 24.3 Å². The molecule has 0 saturated heterocycles. The molecule has 0 saturated carbocycles. The smallest absolute Gasteiger partial charge is 0.344 e. The molecule has 2 aromatic carbocycles. The van der Waals surface area contributed by atoms with Gasteiger partial charge in [0.2, 0.25) is 5.43 Å². The first-order valence-corrected chi connectivity index (χ1v) is 8.04. The Morgan fingerprint density at radius 2 is 1.92 bits per heavy atom. The van der Waals surface area contributed by atoms with Gasteiger partial charge in [0.05, 0.1) is 24.9 Å². The molecule has 0 bridgehead atoms. The first kappa shape index (κ1) is 16.8. The van der Waals surface area contributed by atoms with Gasteiger partial charge < -0.3 is 14.5 Å². The van der Waals surface area contributed by atoms with Crippen LogP contribution < -0.4 is 10.2 Å². The number of hydrogen-bond acceptors (Lipinski definition) is 4. The number of ether oxygens (including phenoxy) is 2. The minimum atomic E-state index is -0.625. The van der Waals surface area contributed by atoms with Crippen LogP contribution in [0.5, 0.6) is 5.75 Å². The van der Waals surface area contributed by atoms with Crippen LogP contribution in [0, 0.1) is 6.92 Å². The maximum absolute atomic E-state index is 13.0. The third-order valence-corrected chi connectivity index (χ3v) is 4.10. The van der Waals surface area contributed by atoms with Crippen LogP contribution in [-0.4, -0.2) is 24.7 Å². The Labute approximate surface area is 145 Å². The predicted molar refractivity (Wildman–Crippen MR) is 97.3 cm³/mol. The monoisotopic (exact) mass is 337 g/mol. The topological polar surface area (TPSA) is 68.4 Å². The summed E-state index contributed by atoms with van der Waals surface area (Å²) >= 11 is 0. The average Bonchev–Trinajstić information content (AvgIpc) is 2.61. The summed E-state index contributed by atoms with van der Waals surface area (Å²) in [6.07, 6.45) is 0. The van der Waals surface area contributed by atoms with Gasteiger partial charge in [-0.25, -0.2) is 4.79 Å². The molecule has 5 nitrogen and oxygen atoms in total. The van der Waals surface area contributed by atoms with Gasteiger partial charge in [0.1, 0.15) is 11.3 Å². The maximum atomic E-state index is 13.0. The molecule has 0 atom stereocenters. The van der Waals surface area contributed by atoms with E-state index in [1.807, 2.05) is 31.2 Å². The number of carbonyl (C=O) groups excluding carboxylic acids is 1. The molecule has 0 aliphatic rings. The van der Waals surface area contributed by atoms with Crippen molar-refractivity contribution in [1.82, 2.24) is 4.98 Å². The summed E-state index contributed by atoms with van der Waals surface area (Å²) in [5.74, 6) is 0.00231. The highest BCUT2D eigenvalue weighted by Crippen LogP contribution is 2.27. The molecule has 1 N–H and O–H groups in total. The van der Waals surface area contributed by atoms with Crippen LogP contribution in [0.2, 0.25) is 0 Å². The van der Waals surface area contributed by atoms with Gasteiger partial charge in [0.15, 0.2) is 0 Å². The first-order valence-electron chi connectivity index (χ1n) is 8.04. The van der Waals surface area contributed by atoms with Crippen molar-refractivity contribution in [2.75, 3.05) is 13.7 Å². The summed E-state index contributed by atoms with van der Waals surface area (Å²) in [5, 5.41) is 0.418. The van der Waals surface area contributed by atoms with E-state index in [1.54, 1.807) is 32.2 Å². The number of esters is 1. The number of methoxy groups -OCH3 is 1. The summed E-state index contributed by atoms with van der Waals surface area (Å²) in [4.78, 5) is 28.7. The van der Waals surface area contributed by atoms with Crippen LogP contribution >= 0.6 is 0 Å². The van der Waals surface area contributed by atoms with Crippen LogP contribution in [-0.2, 0) is 4.74 Å². The van der Waals surface area contributed by atoms with E-state index in [2.05, 4.69) is 4.98 Å². The minimum Gasteiger partial charge on any atom is -0.497 e. The van der Waals surface area contributed by atoms with E-state index in [0.717, 1.165) is 11.1 Å². The van der Waals surface area contributed by atoms with Gasteiger partial charge >= 0.3 is 5.97 Å². The fraction of sp³-hybridized carbons (Fsp3) is 0.200. The summed E-state index contributed by atoms with van der Waals surface area (Å²) in [6.45, 7) is 3.84. The molecular formula is C20H19NO4. The Morgan fingerprint density at radius 3 is 2.60 bits per heavy atom.